The number of hydrogen-bond acceptors (Lipinski definition) is 5. The normalized spacial score (nSPS) is 10.5. The molecule has 3 aromatic carbocycles. The number of methoxy groups -OCH3 is 1. The molecule has 3 rings (SSSR count). The molecular weight excluding hydrogens is 406 g/mol. The van der Waals surface area contributed by atoms with Gasteiger partial charge in [-0.25, -0.2) is 0 Å². The molecule has 7 nitrogen and oxygen atoms in total. The van der Waals surface area contributed by atoms with Crippen LogP contribution in [0, 0.1) is 0 Å². The first kappa shape index (κ1) is 22.8. The monoisotopic (exact) mass is 433 g/mol. The highest BCUT2D eigenvalue weighted by atomic mass is 16.5. The van der Waals surface area contributed by atoms with Gasteiger partial charge in [-0.15, -0.1) is 0 Å². The molecule has 0 unspecified atom stereocenters. The average molecular weight is 434 g/mol. The molecule has 0 heterocycles. The van der Waals surface area contributed by atoms with Gasteiger partial charge in [0.05, 0.1) is 20.2 Å². The van der Waals surface area contributed by atoms with Gasteiger partial charge >= 0.3 is 0 Å². The van der Waals surface area contributed by atoms with Gasteiger partial charge in [0.1, 0.15) is 18.1 Å². The van der Waals surface area contributed by atoms with Gasteiger partial charge in [-0.05, 0) is 49.0 Å². The summed E-state index contributed by atoms with van der Waals surface area (Å²) in [4.78, 5) is 26.2. The lowest BCUT2D eigenvalue weighted by molar-refractivity contribution is -0.119. The molecule has 0 spiro atoms. The van der Waals surface area contributed by atoms with E-state index in [-0.39, 0.29) is 24.9 Å². The maximum Gasteiger partial charge on any atom is 0.238 e. The predicted octanol–water partition coefficient (Wildman–Crippen LogP) is 3.78. The van der Waals surface area contributed by atoms with Gasteiger partial charge in [0.15, 0.2) is 0 Å². The van der Waals surface area contributed by atoms with Crippen LogP contribution in [-0.2, 0) is 16.2 Å². The number of benzene rings is 3. The highest BCUT2D eigenvalue weighted by Crippen LogP contribution is 2.18. The maximum absolute atomic E-state index is 12.3. The van der Waals surface area contributed by atoms with E-state index in [0.717, 1.165) is 11.3 Å². The Balaban J connectivity index is 1.41. The molecule has 0 aliphatic heterocycles. The van der Waals surface area contributed by atoms with Crippen molar-refractivity contribution in [1.29, 1.82) is 0 Å². The third-order valence-electron chi connectivity index (χ3n) is 4.57. The first-order valence-electron chi connectivity index (χ1n) is 10.2. The Morgan fingerprint density at radius 1 is 0.781 bits per heavy atom. The molecule has 166 valence electrons. The van der Waals surface area contributed by atoms with E-state index in [1.807, 2.05) is 42.5 Å². The molecule has 0 bridgehead atoms. The Hall–Kier alpha value is -3.84. The number of amides is 2. The van der Waals surface area contributed by atoms with Crippen LogP contribution in [0.15, 0.2) is 78.9 Å². The van der Waals surface area contributed by atoms with Crippen LogP contribution in [0.4, 0.5) is 11.4 Å². The Morgan fingerprint density at radius 3 is 2.09 bits per heavy atom. The summed E-state index contributed by atoms with van der Waals surface area (Å²) in [6.07, 6.45) is 0. The van der Waals surface area contributed by atoms with Crippen LogP contribution in [0.3, 0.4) is 0 Å². The fourth-order valence-electron chi connectivity index (χ4n) is 3.02. The van der Waals surface area contributed by atoms with Crippen molar-refractivity contribution in [2.45, 2.75) is 6.61 Å². The van der Waals surface area contributed by atoms with Crippen molar-refractivity contribution in [2.24, 2.45) is 0 Å². The smallest absolute Gasteiger partial charge is 0.238 e. The lowest BCUT2D eigenvalue weighted by atomic mass is 10.2. The second-order valence-electron chi connectivity index (χ2n) is 7.30. The van der Waals surface area contributed by atoms with Crippen LogP contribution >= 0.6 is 0 Å². The van der Waals surface area contributed by atoms with E-state index in [4.69, 9.17) is 9.47 Å². The van der Waals surface area contributed by atoms with Gasteiger partial charge in [0, 0.05) is 17.4 Å². The van der Waals surface area contributed by atoms with Crippen molar-refractivity contribution in [3.63, 3.8) is 0 Å². The Bertz CT molecular complexity index is 1020. The topological polar surface area (TPSA) is 79.9 Å². The fraction of sp³-hybridized carbons (Fsp3) is 0.200. The second kappa shape index (κ2) is 11.5. The van der Waals surface area contributed by atoms with E-state index in [1.165, 1.54) is 0 Å². The van der Waals surface area contributed by atoms with E-state index < -0.39 is 0 Å². The van der Waals surface area contributed by atoms with Crippen LogP contribution in [0.2, 0.25) is 0 Å². The molecule has 0 aromatic heterocycles. The Kier molecular flexibility index (Phi) is 8.22. The van der Waals surface area contributed by atoms with Crippen molar-refractivity contribution < 1.29 is 19.1 Å². The summed E-state index contributed by atoms with van der Waals surface area (Å²) < 4.78 is 10.9. The highest BCUT2D eigenvalue weighted by molar-refractivity contribution is 5.94. The molecule has 2 amide bonds. The molecule has 0 atom stereocenters. The zero-order chi connectivity index (χ0) is 22.8. The van der Waals surface area contributed by atoms with Crippen LogP contribution in [0.5, 0.6) is 11.5 Å². The molecule has 0 radical (unpaired) electrons. The second-order valence-corrected chi connectivity index (χ2v) is 7.30. The molecule has 3 aromatic rings. The summed E-state index contributed by atoms with van der Waals surface area (Å²) >= 11 is 0. The lowest BCUT2D eigenvalue weighted by Gasteiger charge is -2.16. The van der Waals surface area contributed by atoms with Gasteiger partial charge in [0.25, 0.3) is 0 Å². The number of nitrogens with zero attached hydrogens (tertiary/aromatic N) is 1. The van der Waals surface area contributed by atoms with Gasteiger partial charge in [-0.3, -0.25) is 14.5 Å². The standard InChI is InChI=1S/C25H27N3O4/c1-28(17-25(30)27-21-9-6-10-23(15-21)31-2)16-24(29)26-20-11-13-22(14-12-20)32-18-19-7-4-3-5-8-19/h3-15H,16-18H2,1-2H3,(H,26,29)(H,27,30). The summed E-state index contributed by atoms with van der Waals surface area (Å²) in [5.74, 6) is 0.957. The van der Waals surface area contributed by atoms with E-state index >= 15 is 0 Å². The van der Waals surface area contributed by atoms with E-state index in [2.05, 4.69) is 10.6 Å². The minimum Gasteiger partial charge on any atom is -0.497 e. The number of rotatable bonds is 10. The number of anilines is 2. The molecule has 0 saturated heterocycles. The van der Waals surface area contributed by atoms with Crippen LogP contribution in [0.25, 0.3) is 0 Å². The molecule has 2 N–H and O–H groups in total. The summed E-state index contributed by atoms with van der Waals surface area (Å²) in [6.45, 7) is 0.643. The summed E-state index contributed by atoms with van der Waals surface area (Å²) in [7, 11) is 3.28. The predicted molar refractivity (Wildman–Crippen MR) is 125 cm³/mol. The number of likely N-dealkylation sites (N-methyl/N-ethyl adjacent to an activating group) is 1. The highest BCUT2D eigenvalue weighted by Gasteiger charge is 2.12. The number of carbonyl (C=O) groups is 2. The summed E-state index contributed by atoms with van der Waals surface area (Å²) in [5.41, 5.74) is 2.39. The molecule has 0 fully saturated rings. The van der Waals surface area contributed by atoms with E-state index in [9.17, 15) is 9.59 Å². The molecular formula is C25H27N3O4. The van der Waals surface area contributed by atoms with Crippen LogP contribution in [-0.4, -0.2) is 44.0 Å². The van der Waals surface area contributed by atoms with Crippen LogP contribution in [0.1, 0.15) is 5.56 Å². The van der Waals surface area contributed by atoms with E-state index in [1.54, 1.807) is 55.5 Å². The number of ether oxygens (including phenoxy) is 2. The number of carbonyl (C=O) groups excluding carboxylic acids is 2. The zero-order valence-electron chi connectivity index (χ0n) is 18.2. The largest absolute Gasteiger partial charge is 0.497 e. The molecule has 0 saturated carbocycles. The average Bonchev–Trinajstić information content (AvgIpc) is 2.79. The molecule has 7 heteroatoms. The SMILES string of the molecule is COc1cccc(NC(=O)CN(C)CC(=O)Nc2ccc(OCc3ccccc3)cc2)c1. The van der Waals surface area contributed by atoms with Crippen molar-refractivity contribution in [1.82, 2.24) is 4.90 Å². The molecule has 0 aliphatic carbocycles. The fourth-order valence-corrected chi connectivity index (χ4v) is 3.02. The van der Waals surface area contributed by atoms with Crippen molar-refractivity contribution in [2.75, 3.05) is 37.9 Å². The minimum absolute atomic E-state index is 0.0803. The first-order valence-corrected chi connectivity index (χ1v) is 10.2. The number of nitrogens with one attached hydrogen (secondary N) is 2. The third-order valence-corrected chi connectivity index (χ3v) is 4.57. The Morgan fingerprint density at radius 2 is 1.44 bits per heavy atom. The van der Waals surface area contributed by atoms with E-state index in [0.29, 0.717) is 23.7 Å². The van der Waals surface area contributed by atoms with Gasteiger partial charge in [-0.2, -0.15) is 0 Å². The quantitative estimate of drug-likeness (QED) is 0.509. The Labute approximate surface area is 188 Å². The van der Waals surface area contributed by atoms with Gasteiger partial charge in [-0.1, -0.05) is 36.4 Å². The minimum atomic E-state index is -0.214. The third kappa shape index (κ3) is 7.45. The summed E-state index contributed by atoms with van der Waals surface area (Å²) in [5, 5.41) is 5.62. The van der Waals surface area contributed by atoms with Crippen molar-refractivity contribution >= 4 is 23.2 Å². The molecule has 0 aliphatic rings. The zero-order valence-corrected chi connectivity index (χ0v) is 18.2. The van der Waals surface area contributed by atoms with Crippen LogP contribution < -0.4 is 20.1 Å². The number of hydrogen-bond donors (Lipinski definition) is 2. The van der Waals surface area contributed by atoms with Crippen molar-refractivity contribution in [3.8, 4) is 11.5 Å². The van der Waals surface area contributed by atoms with Gasteiger partial charge < -0.3 is 20.1 Å². The lowest BCUT2D eigenvalue weighted by Crippen LogP contribution is -2.36. The maximum atomic E-state index is 12.3. The van der Waals surface area contributed by atoms with Gasteiger partial charge in [0.2, 0.25) is 11.8 Å². The molecule has 32 heavy (non-hydrogen) atoms. The summed E-state index contributed by atoms with van der Waals surface area (Å²) in [6, 6.07) is 24.2. The first-order chi connectivity index (χ1) is 15.5. The van der Waals surface area contributed by atoms with Crippen molar-refractivity contribution in [3.05, 3.63) is 84.4 Å².